The Bertz CT molecular complexity index is 2060. The van der Waals surface area contributed by atoms with Gasteiger partial charge in [0.2, 0.25) is 0 Å². The van der Waals surface area contributed by atoms with Gasteiger partial charge in [-0.05, 0) is 83.0 Å². The first kappa shape index (κ1) is 37.4. The lowest BCUT2D eigenvalue weighted by molar-refractivity contribution is 0.955. The second-order valence-electron chi connectivity index (χ2n) is 11.6. The van der Waals surface area contributed by atoms with E-state index in [-0.39, 0.29) is 0 Å². The van der Waals surface area contributed by atoms with Crippen molar-refractivity contribution < 1.29 is 0 Å². The molecule has 0 N–H and O–H groups in total. The average Bonchev–Trinajstić information content (AvgIpc) is 3.16. The summed E-state index contributed by atoms with van der Waals surface area (Å²) in [7, 11) is 0. The molecule has 0 spiro atoms. The van der Waals surface area contributed by atoms with E-state index in [4.69, 9.17) is 9.98 Å². The number of aliphatic imine (C=N–C) groups is 2. The largest absolute Gasteiger partial charge is 0.256 e. The van der Waals surface area contributed by atoms with Gasteiger partial charge in [-0.25, -0.2) is 9.98 Å². The zero-order chi connectivity index (χ0) is 36.3. The van der Waals surface area contributed by atoms with Crippen molar-refractivity contribution in [1.29, 1.82) is 0 Å². The highest BCUT2D eigenvalue weighted by molar-refractivity contribution is 6.05. The smallest absolute Gasteiger partial charge is 0.159 e. The molecule has 0 aliphatic carbocycles. The van der Waals surface area contributed by atoms with Crippen LogP contribution in [-0.4, -0.2) is 17.0 Å². The standard InChI is InChI=1S/C48H45N3/c1-7-19-41(42(20-8-2)32-30-39-22-11-10-12-23-39)26-18-35-50-48(51-38(6)37(4)5)44-25-17-24-40(36-44)31-33-43(21-9-3)45-27-13-14-28-46(45)47-29-15-16-34-49-47/h7-29,31,33-36H,1-4,6,30,32H2,5H3/b26-18+,33-31+,41-19+,42-20+,43-21+,50-35+,51-48-. The first-order valence-corrected chi connectivity index (χ1v) is 16.9. The predicted octanol–water partition coefficient (Wildman–Crippen LogP) is 12.4. The molecule has 1 aromatic heterocycles. The van der Waals surface area contributed by atoms with Crippen LogP contribution < -0.4 is 0 Å². The summed E-state index contributed by atoms with van der Waals surface area (Å²) in [5, 5.41) is 0. The van der Waals surface area contributed by atoms with Crippen LogP contribution in [0.5, 0.6) is 0 Å². The Morgan fingerprint density at radius 1 is 0.765 bits per heavy atom. The van der Waals surface area contributed by atoms with E-state index in [9.17, 15) is 0 Å². The summed E-state index contributed by atoms with van der Waals surface area (Å²) < 4.78 is 0. The lowest BCUT2D eigenvalue weighted by Gasteiger charge is -2.10. The molecule has 0 unspecified atom stereocenters. The fraction of sp³-hybridized carbons (Fsp3) is 0.0625. The van der Waals surface area contributed by atoms with E-state index in [1.165, 1.54) is 5.56 Å². The molecule has 1 heterocycles. The van der Waals surface area contributed by atoms with Gasteiger partial charge in [-0.3, -0.25) is 4.98 Å². The van der Waals surface area contributed by atoms with E-state index < -0.39 is 0 Å². The Labute approximate surface area is 304 Å². The van der Waals surface area contributed by atoms with Crippen molar-refractivity contribution in [3.63, 3.8) is 0 Å². The normalized spacial score (nSPS) is 12.8. The SMILES string of the molecule is C=C/C=C(\C=C\C=N\C(=N/C(=C)C(=C)C)c1cccc(/C=C/C(=C\C=C)c2ccccc2-c2ccccn2)c1)C(=C/C=C)/CCc1ccccc1. The van der Waals surface area contributed by atoms with Gasteiger partial charge in [-0.1, -0.05) is 166 Å². The number of hydrogen-bond acceptors (Lipinski definition) is 2. The van der Waals surface area contributed by atoms with E-state index in [1.807, 2.05) is 92.0 Å². The molecule has 0 radical (unpaired) electrons. The van der Waals surface area contributed by atoms with E-state index >= 15 is 0 Å². The maximum Gasteiger partial charge on any atom is 0.159 e. The van der Waals surface area contributed by atoms with Crippen molar-refractivity contribution >= 4 is 23.7 Å². The van der Waals surface area contributed by atoms with Gasteiger partial charge in [0.05, 0.1) is 11.4 Å². The van der Waals surface area contributed by atoms with Crippen LogP contribution >= 0.6 is 0 Å². The van der Waals surface area contributed by atoms with Crippen molar-refractivity contribution in [1.82, 2.24) is 4.98 Å². The molecule has 0 aliphatic rings. The summed E-state index contributed by atoms with van der Waals surface area (Å²) in [6.07, 6.45) is 25.0. The topological polar surface area (TPSA) is 37.6 Å². The van der Waals surface area contributed by atoms with Crippen molar-refractivity contribution in [2.45, 2.75) is 19.8 Å². The van der Waals surface area contributed by atoms with E-state index in [0.29, 0.717) is 11.5 Å². The number of aromatic nitrogens is 1. The molecule has 252 valence electrons. The fourth-order valence-corrected chi connectivity index (χ4v) is 5.25. The van der Waals surface area contributed by atoms with Gasteiger partial charge in [0.15, 0.2) is 5.84 Å². The van der Waals surface area contributed by atoms with Crippen LogP contribution in [0.2, 0.25) is 0 Å². The van der Waals surface area contributed by atoms with Gasteiger partial charge < -0.3 is 0 Å². The highest BCUT2D eigenvalue weighted by atomic mass is 14.9. The maximum absolute atomic E-state index is 4.79. The molecule has 0 atom stereocenters. The van der Waals surface area contributed by atoms with Gasteiger partial charge in [0.25, 0.3) is 0 Å². The van der Waals surface area contributed by atoms with Crippen LogP contribution in [0.15, 0.2) is 223 Å². The van der Waals surface area contributed by atoms with Crippen molar-refractivity contribution in [2.24, 2.45) is 9.98 Å². The molecule has 0 bridgehead atoms. The maximum atomic E-state index is 4.79. The third kappa shape index (κ3) is 11.6. The molecular weight excluding hydrogens is 619 g/mol. The van der Waals surface area contributed by atoms with Gasteiger partial charge in [-0.2, -0.15) is 0 Å². The summed E-state index contributed by atoms with van der Waals surface area (Å²) in [4.78, 5) is 14.1. The lowest BCUT2D eigenvalue weighted by Crippen LogP contribution is -1.99. The molecule has 4 rings (SSSR count). The first-order chi connectivity index (χ1) is 24.9. The second-order valence-corrected chi connectivity index (χ2v) is 11.6. The van der Waals surface area contributed by atoms with E-state index in [0.717, 1.165) is 63.1 Å². The zero-order valence-electron chi connectivity index (χ0n) is 29.5. The molecule has 3 aromatic carbocycles. The van der Waals surface area contributed by atoms with Gasteiger partial charge in [0, 0.05) is 23.5 Å². The summed E-state index contributed by atoms with van der Waals surface area (Å²) in [5.74, 6) is 0.533. The number of nitrogens with zero attached hydrogens (tertiary/aromatic N) is 3. The number of amidine groups is 1. The lowest BCUT2D eigenvalue weighted by atomic mass is 9.96. The van der Waals surface area contributed by atoms with Gasteiger partial charge in [0.1, 0.15) is 0 Å². The Morgan fingerprint density at radius 3 is 2.24 bits per heavy atom. The third-order valence-corrected chi connectivity index (χ3v) is 7.88. The first-order valence-electron chi connectivity index (χ1n) is 16.9. The van der Waals surface area contributed by atoms with E-state index in [2.05, 4.69) is 105 Å². The van der Waals surface area contributed by atoms with Crippen LogP contribution in [0.3, 0.4) is 0 Å². The summed E-state index contributed by atoms with van der Waals surface area (Å²) in [6, 6.07) is 32.8. The average molecular weight is 664 g/mol. The molecule has 0 saturated heterocycles. The van der Waals surface area contributed by atoms with Crippen LogP contribution in [0.25, 0.3) is 22.9 Å². The number of pyridine rings is 1. The summed E-state index contributed by atoms with van der Waals surface area (Å²) >= 11 is 0. The molecule has 0 saturated carbocycles. The molecule has 0 fully saturated rings. The van der Waals surface area contributed by atoms with Gasteiger partial charge in [-0.15, -0.1) is 0 Å². The highest BCUT2D eigenvalue weighted by Gasteiger charge is 2.09. The number of benzene rings is 3. The number of rotatable bonds is 16. The minimum atomic E-state index is 0.533. The predicted molar refractivity (Wildman–Crippen MR) is 223 cm³/mol. The molecule has 3 nitrogen and oxygen atoms in total. The van der Waals surface area contributed by atoms with Crippen molar-refractivity contribution in [2.75, 3.05) is 0 Å². The molecule has 3 heteroatoms. The molecule has 0 amide bonds. The van der Waals surface area contributed by atoms with Crippen molar-refractivity contribution in [3.05, 3.63) is 236 Å². The Morgan fingerprint density at radius 2 is 1.51 bits per heavy atom. The van der Waals surface area contributed by atoms with Crippen LogP contribution in [0, 0.1) is 0 Å². The highest BCUT2D eigenvalue weighted by Crippen LogP contribution is 2.29. The Kier molecular flexibility index (Phi) is 14.8. The minimum absolute atomic E-state index is 0.533. The Balaban J connectivity index is 1.61. The van der Waals surface area contributed by atoms with E-state index in [1.54, 1.807) is 18.4 Å². The summed E-state index contributed by atoms with van der Waals surface area (Å²) in [6.45, 7) is 21.9. The van der Waals surface area contributed by atoms with Crippen LogP contribution in [-0.2, 0) is 6.42 Å². The molecule has 51 heavy (non-hydrogen) atoms. The minimum Gasteiger partial charge on any atom is -0.256 e. The zero-order valence-corrected chi connectivity index (χ0v) is 29.5. The Hall–Kier alpha value is -6.45. The summed E-state index contributed by atoms with van der Waals surface area (Å²) in [5.41, 5.74) is 10.7. The monoisotopic (exact) mass is 663 g/mol. The fourth-order valence-electron chi connectivity index (χ4n) is 5.25. The number of hydrogen-bond donors (Lipinski definition) is 0. The molecular formula is C48H45N3. The van der Waals surface area contributed by atoms with Crippen molar-refractivity contribution in [3.8, 4) is 11.3 Å². The van der Waals surface area contributed by atoms with Crippen LogP contribution in [0.1, 0.15) is 35.6 Å². The molecule has 4 aromatic rings. The number of aryl methyl sites for hydroxylation is 1. The number of allylic oxidation sites excluding steroid dienone is 13. The second kappa shape index (κ2) is 20.2. The van der Waals surface area contributed by atoms with Crippen LogP contribution in [0.4, 0.5) is 0 Å². The molecule has 0 aliphatic heterocycles. The third-order valence-electron chi connectivity index (χ3n) is 7.88. The van der Waals surface area contributed by atoms with Gasteiger partial charge >= 0.3 is 0 Å². The quantitative estimate of drug-likeness (QED) is 0.0668.